The monoisotopic (exact) mass is 289 g/mol. The number of carboxylic acid groups (broad SMARTS) is 1. The van der Waals surface area contributed by atoms with Gasteiger partial charge in [0.15, 0.2) is 0 Å². The maximum Gasteiger partial charge on any atom is 0.338 e. The lowest BCUT2D eigenvalue weighted by atomic mass is 10.0. The molecule has 1 N–H and O–H groups in total. The van der Waals surface area contributed by atoms with Crippen LogP contribution in [0.3, 0.4) is 0 Å². The third-order valence-corrected chi connectivity index (χ3v) is 3.80. The first kappa shape index (κ1) is 14.5. The maximum atomic E-state index is 11.6. The summed E-state index contributed by atoms with van der Waals surface area (Å²) in [5, 5.41) is 18.8. The number of rotatable bonds is 5. The van der Waals surface area contributed by atoms with Crippen LogP contribution in [0, 0.1) is 0 Å². The van der Waals surface area contributed by atoms with Gasteiger partial charge in [-0.25, -0.2) is 9.78 Å². The molecule has 0 atom stereocenters. The van der Waals surface area contributed by atoms with Crippen LogP contribution in [0.1, 0.15) is 35.5 Å². The fraction of sp³-hybridized carbons (Fsp3) is 0.286. The van der Waals surface area contributed by atoms with E-state index >= 15 is 0 Å². The molecule has 0 bridgehead atoms. The third-order valence-electron chi connectivity index (χ3n) is 2.87. The van der Waals surface area contributed by atoms with Crippen LogP contribution < -0.4 is 0 Å². The minimum Gasteiger partial charge on any atom is -0.478 e. The van der Waals surface area contributed by atoms with Crippen molar-refractivity contribution in [2.45, 2.75) is 36.7 Å². The first-order chi connectivity index (χ1) is 9.67. The van der Waals surface area contributed by atoms with Gasteiger partial charge in [-0.1, -0.05) is 19.9 Å². The highest BCUT2D eigenvalue weighted by Crippen LogP contribution is 2.29. The van der Waals surface area contributed by atoms with Crippen molar-refractivity contribution in [2.24, 2.45) is 0 Å². The van der Waals surface area contributed by atoms with E-state index < -0.39 is 5.97 Å². The first-order valence-electron chi connectivity index (χ1n) is 6.37. The van der Waals surface area contributed by atoms with E-state index in [2.05, 4.69) is 15.2 Å². The van der Waals surface area contributed by atoms with Gasteiger partial charge in [-0.05, 0) is 42.3 Å². The van der Waals surface area contributed by atoms with E-state index in [4.69, 9.17) is 0 Å². The number of aromatic nitrogens is 3. The van der Waals surface area contributed by atoms with E-state index in [-0.39, 0.29) is 5.56 Å². The van der Waals surface area contributed by atoms with Crippen molar-refractivity contribution in [3.8, 4) is 0 Å². The molecule has 0 fully saturated rings. The van der Waals surface area contributed by atoms with E-state index in [1.54, 1.807) is 6.20 Å². The zero-order valence-corrected chi connectivity index (χ0v) is 12.1. The first-order valence-corrected chi connectivity index (χ1v) is 7.19. The van der Waals surface area contributed by atoms with Crippen LogP contribution in [0.25, 0.3) is 0 Å². The summed E-state index contributed by atoms with van der Waals surface area (Å²) in [6, 6.07) is 5.48. The molecular weight excluding hydrogens is 274 g/mol. The van der Waals surface area contributed by atoms with Gasteiger partial charge in [0.05, 0.1) is 11.3 Å². The molecule has 0 saturated heterocycles. The molecule has 2 aromatic rings. The highest BCUT2D eigenvalue weighted by atomic mass is 32.2. The van der Waals surface area contributed by atoms with Gasteiger partial charge in [-0.3, -0.25) is 0 Å². The van der Waals surface area contributed by atoms with E-state index in [1.807, 2.05) is 32.0 Å². The van der Waals surface area contributed by atoms with Gasteiger partial charge in [0, 0.05) is 6.20 Å². The Morgan fingerprint density at radius 1 is 1.25 bits per heavy atom. The molecule has 0 spiro atoms. The van der Waals surface area contributed by atoms with Crippen molar-refractivity contribution >= 4 is 17.7 Å². The smallest absolute Gasteiger partial charge is 0.338 e. The molecule has 0 aliphatic carbocycles. The Kier molecular flexibility index (Phi) is 4.68. The van der Waals surface area contributed by atoms with E-state index in [1.165, 1.54) is 11.8 Å². The van der Waals surface area contributed by atoms with Gasteiger partial charge in [0.25, 0.3) is 0 Å². The summed E-state index contributed by atoms with van der Waals surface area (Å²) in [6.07, 6.45) is 2.96. The lowest BCUT2D eigenvalue weighted by Crippen LogP contribution is -2.11. The van der Waals surface area contributed by atoms with Crippen molar-refractivity contribution in [1.82, 2.24) is 15.2 Å². The summed E-state index contributed by atoms with van der Waals surface area (Å²) in [6.45, 7) is 3.87. The average Bonchev–Trinajstić information content (AvgIpc) is 2.47. The minimum atomic E-state index is -0.968. The SMILES string of the molecule is CCc1nnc(Sc2ccccn2)c(C(=O)O)c1CC. The van der Waals surface area contributed by atoms with Crippen molar-refractivity contribution in [3.05, 3.63) is 41.2 Å². The second kappa shape index (κ2) is 6.47. The van der Waals surface area contributed by atoms with Crippen LogP contribution in [-0.4, -0.2) is 26.3 Å². The van der Waals surface area contributed by atoms with Crippen LogP contribution in [0.4, 0.5) is 0 Å². The van der Waals surface area contributed by atoms with Gasteiger partial charge in [-0.15, -0.1) is 5.10 Å². The molecule has 0 aromatic carbocycles. The molecule has 2 aromatic heterocycles. The molecule has 0 radical (unpaired) electrons. The highest BCUT2D eigenvalue weighted by Gasteiger charge is 2.21. The number of aromatic carboxylic acids is 1. The molecule has 6 heteroatoms. The van der Waals surface area contributed by atoms with Gasteiger partial charge >= 0.3 is 5.97 Å². The number of carbonyl (C=O) groups is 1. The Hall–Kier alpha value is -1.95. The van der Waals surface area contributed by atoms with E-state index in [0.717, 1.165) is 11.3 Å². The molecule has 2 heterocycles. The second-order valence-corrected chi connectivity index (χ2v) is 5.10. The summed E-state index contributed by atoms with van der Waals surface area (Å²) in [5.41, 5.74) is 1.75. The molecule has 20 heavy (non-hydrogen) atoms. The van der Waals surface area contributed by atoms with Crippen LogP contribution in [-0.2, 0) is 12.8 Å². The molecule has 0 saturated carbocycles. The molecule has 0 amide bonds. The number of carboxylic acids is 1. The minimum absolute atomic E-state index is 0.245. The molecule has 0 aliphatic rings. The predicted octanol–water partition coefficient (Wildman–Crippen LogP) is 2.85. The van der Waals surface area contributed by atoms with Crippen molar-refractivity contribution in [3.63, 3.8) is 0 Å². The Morgan fingerprint density at radius 2 is 2.05 bits per heavy atom. The molecular formula is C14H15N3O2S. The fourth-order valence-corrected chi connectivity index (χ4v) is 2.81. The number of pyridine rings is 1. The zero-order chi connectivity index (χ0) is 14.5. The summed E-state index contributed by atoms with van der Waals surface area (Å²) >= 11 is 1.23. The second-order valence-electron chi connectivity index (χ2n) is 4.09. The summed E-state index contributed by atoms with van der Waals surface area (Å²) in [5.74, 6) is -0.968. The Bertz CT molecular complexity index is 617. The Morgan fingerprint density at radius 3 is 2.60 bits per heavy atom. The van der Waals surface area contributed by atoms with Gasteiger partial charge in [-0.2, -0.15) is 5.10 Å². The number of hydrogen-bond donors (Lipinski definition) is 1. The summed E-state index contributed by atoms with van der Waals surface area (Å²) in [7, 11) is 0. The topological polar surface area (TPSA) is 76.0 Å². The standard InChI is InChI=1S/C14H15N3O2S/c1-3-9-10(4-2)16-17-13(12(9)14(18)19)20-11-7-5-6-8-15-11/h5-8H,3-4H2,1-2H3,(H,18,19). The van der Waals surface area contributed by atoms with E-state index in [0.29, 0.717) is 22.9 Å². The normalized spacial score (nSPS) is 10.5. The summed E-state index contributed by atoms with van der Waals surface area (Å²) in [4.78, 5) is 15.7. The van der Waals surface area contributed by atoms with E-state index in [9.17, 15) is 9.90 Å². The van der Waals surface area contributed by atoms with Crippen LogP contribution >= 0.6 is 11.8 Å². The van der Waals surface area contributed by atoms with Gasteiger partial charge in [0.1, 0.15) is 10.1 Å². The molecule has 0 unspecified atom stereocenters. The molecule has 2 rings (SSSR count). The Balaban J connectivity index is 2.50. The fourth-order valence-electron chi connectivity index (χ4n) is 1.95. The van der Waals surface area contributed by atoms with Crippen molar-refractivity contribution in [2.75, 3.05) is 0 Å². The van der Waals surface area contributed by atoms with Crippen molar-refractivity contribution < 1.29 is 9.90 Å². The average molecular weight is 289 g/mol. The third kappa shape index (κ3) is 2.96. The zero-order valence-electron chi connectivity index (χ0n) is 11.3. The van der Waals surface area contributed by atoms with Crippen LogP contribution in [0.5, 0.6) is 0 Å². The predicted molar refractivity (Wildman–Crippen MR) is 76.1 cm³/mol. The number of nitrogens with zero attached hydrogens (tertiary/aromatic N) is 3. The Labute approximate surface area is 121 Å². The summed E-state index contributed by atoms with van der Waals surface area (Å²) < 4.78 is 0. The van der Waals surface area contributed by atoms with Crippen LogP contribution in [0.2, 0.25) is 0 Å². The molecule has 0 aliphatic heterocycles. The maximum absolute atomic E-state index is 11.6. The van der Waals surface area contributed by atoms with Crippen molar-refractivity contribution in [1.29, 1.82) is 0 Å². The lowest BCUT2D eigenvalue weighted by molar-refractivity contribution is 0.0690. The highest BCUT2D eigenvalue weighted by molar-refractivity contribution is 7.99. The quantitative estimate of drug-likeness (QED) is 0.912. The molecule has 5 nitrogen and oxygen atoms in total. The number of aryl methyl sites for hydroxylation is 1. The molecule has 104 valence electrons. The lowest BCUT2D eigenvalue weighted by Gasteiger charge is -2.11. The largest absolute Gasteiger partial charge is 0.478 e. The van der Waals surface area contributed by atoms with Crippen LogP contribution in [0.15, 0.2) is 34.4 Å². The van der Waals surface area contributed by atoms with Gasteiger partial charge in [0.2, 0.25) is 0 Å². The number of hydrogen-bond acceptors (Lipinski definition) is 5. The van der Waals surface area contributed by atoms with Gasteiger partial charge < -0.3 is 5.11 Å².